The number of fused-ring (bicyclic) bond motifs is 1. The van der Waals surface area contributed by atoms with Crippen molar-refractivity contribution in [2.45, 2.75) is 13.5 Å². The molecule has 0 aliphatic heterocycles. The van der Waals surface area contributed by atoms with E-state index < -0.39 is 0 Å². The van der Waals surface area contributed by atoms with Gasteiger partial charge in [-0.25, -0.2) is 4.98 Å². The molecule has 0 radical (unpaired) electrons. The van der Waals surface area contributed by atoms with Crippen LogP contribution in [0.25, 0.3) is 11.2 Å². The summed E-state index contributed by atoms with van der Waals surface area (Å²) in [6.07, 6.45) is 4.83. The zero-order chi connectivity index (χ0) is 13.4. The monoisotopic (exact) mass is 274 g/mol. The van der Waals surface area contributed by atoms with E-state index in [0.717, 1.165) is 11.4 Å². The molecule has 0 aromatic carbocycles. The lowest BCUT2D eigenvalue weighted by Crippen LogP contribution is -2.15. The van der Waals surface area contributed by atoms with Gasteiger partial charge >= 0.3 is 0 Å². The van der Waals surface area contributed by atoms with Crippen molar-refractivity contribution in [1.82, 2.24) is 29.5 Å². The zero-order valence-corrected chi connectivity index (χ0v) is 10.9. The Kier molecular flexibility index (Phi) is 2.71. The van der Waals surface area contributed by atoms with Crippen molar-refractivity contribution in [3.63, 3.8) is 0 Å². The van der Waals surface area contributed by atoms with E-state index in [1.54, 1.807) is 17.0 Å². The molecule has 0 saturated heterocycles. The van der Waals surface area contributed by atoms with Crippen LogP contribution in [0.4, 0.5) is 0 Å². The molecule has 0 saturated carbocycles. The highest BCUT2D eigenvalue weighted by Gasteiger charge is 2.08. The lowest BCUT2D eigenvalue weighted by molar-refractivity contribution is 0.747. The van der Waals surface area contributed by atoms with Crippen molar-refractivity contribution in [1.29, 1.82) is 0 Å². The Morgan fingerprint density at radius 3 is 2.89 bits per heavy atom. The van der Waals surface area contributed by atoms with Crippen LogP contribution in [0, 0.1) is 11.7 Å². The summed E-state index contributed by atoms with van der Waals surface area (Å²) < 4.78 is 2.02. The largest absolute Gasteiger partial charge is 0.339 e. The molecule has 19 heavy (non-hydrogen) atoms. The summed E-state index contributed by atoms with van der Waals surface area (Å²) in [6.45, 7) is 2.28. The van der Waals surface area contributed by atoms with Gasteiger partial charge in [0.05, 0.1) is 30.5 Å². The zero-order valence-electron chi connectivity index (χ0n) is 10.0. The van der Waals surface area contributed by atoms with Gasteiger partial charge in [0, 0.05) is 6.20 Å². The first-order chi connectivity index (χ1) is 9.15. The number of hydrogen-bond acceptors (Lipinski definition) is 5. The molecule has 3 aromatic rings. The number of hydrogen-bond donors (Lipinski definition) is 2. The van der Waals surface area contributed by atoms with Gasteiger partial charge in [0.25, 0.3) is 5.56 Å². The maximum Gasteiger partial charge on any atom is 0.277 e. The maximum absolute atomic E-state index is 11.7. The Balaban J connectivity index is 2.15. The van der Waals surface area contributed by atoms with E-state index in [2.05, 4.69) is 24.9 Å². The molecule has 0 bridgehead atoms. The molecule has 0 fully saturated rings. The summed E-state index contributed by atoms with van der Waals surface area (Å²) in [4.78, 5) is 29.6. The maximum atomic E-state index is 11.7. The minimum absolute atomic E-state index is 0.274. The van der Waals surface area contributed by atoms with E-state index in [9.17, 15) is 4.79 Å². The SMILES string of the molecule is Cc1cnc(Cn2c(=S)[nH]c(=O)c3[nH]cnc32)cn1. The molecule has 2 N–H and O–H groups in total. The third-order valence-corrected chi connectivity index (χ3v) is 3.04. The normalized spacial score (nSPS) is 11.0. The highest BCUT2D eigenvalue weighted by atomic mass is 32.1. The molecule has 8 heteroatoms. The number of aryl methyl sites for hydroxylation is 1. The van der Waals surface area contributed by atoms with Crippen molar-refractivity contribution >= 4 is 23.4 Å². The molecule has 0 amide bonds. The predicted octanol–water partition coefficient (Wildman–Crippen LogP) is 0.929. The Bertz CT molecular complexity index is 844. The van der Waals surface area contributed by atoms with Gasteiger partial charge in [-0.05, 0) is 19.1 Å². The fourth-order valence-electron chi connectivity index (χ4n) is 1.79. The quantitative estimate of drug-likeness (QED) is 0.678. The number of nitrogens with zero attached hydrogens (tertiary/aromatic N) is 4. The summed E-state index contributed by atoms with van der Waals surface area (Å²) in [6, 6.07) is 0. The van der Waals surface area contributed by atoms with Crippen LogP contribution in [0.2, 0.25) is 0 Å². The molecule has 0 atom stereocenters. The van der Waals surface area contributed by atoms with E-state index in [-0.39, 0.29) is 5.56 Å². The first-order valence-corrected chi connectivity index (χ1v) is 5.99. The number of aromatic nitrogens is 6. The molecule has 3 rings (SSSR count). The number of nitrogens with one attached hydrogen (secondary N) is 2. The first kappa shape index (κ1) is 11.7. The third-order valence-electron chi connectivity index (χ3n) is 2.72. The summed E-state index contributed by atoms with van der Waals surface area (Å²) in [5, 5.41) is 0. The molecule has 3 heterocycles. The molecule has 0 aliphatic rings. The first-order valence-electron chi connectivity index (χ1n) is 5.59. The molecular weight excluding hydrogens is 264 g/mol. The van der Waals surface area contributed by atoms with Gasteiger partial charge in [-0.1, -0.05) is 0 Å². The van der Waals surface area contributed by atoms with Crippen LogP contribution in [0.3, 0.4) is 0 Å². The number of imidazole rings is 1. The van der Waals surface area contributed by atoms with E-state index in [4.69, 9.17) is 12.2 Å². The average Bonchev–Trinajstić information content (AvgIpc) is 2.86. The molecule has 3 aromatic heterocycles. The van der Waals surface area contributed by atoms with Crippen LogP contribution in [0.1, 0.15) is 11.4 Å². The van der Waals surface area contributed by atoms with Gasteiger partial charge < -0.3 is 4.98 Å². The second kappa shape index (κ2) is 4.39. The van der Waals surface area contributed by atoms with E-state index in [0.29, 0.717) is 22.5 Å². The molecule has 0 unspecified atom stereocenters. The second-order valence-electron chi connectivity index (χ2n) is 4.10. The highest BCUT2D eigenvalue weighted by Crippen LogP contribution is 2.07. The Morgan fingerprint density at radius 2 is 2.16 bits per heavy atom. The lowest BCUT2D eigenvalue weighted by Gasteiger charge is -2.06. The van der Waals surface area contributed by atoms with Gasteiger partial charge in [0.1, 0.15) is 5.52 Å². The van der Waals surface area contributed by atoms with Gasteiger partial charge in [-0.3, -0.25) is 24.3 Å². The second-order valence-corrected chi connectivity index (χ2v) is 4.48. The van der Waals surface area contributed by atoms with Gasteiger partial charge in [-0.2, -0.15) is 0 Å². The Morgan fingerprint density at radius 1 is 1.32 bits per heavy atom. The predicted molar refractivity (Wildman–Crippen MR) is 71.4 cm³/mol. The molecule has 0 spiro atoms. The molecular formula is C11H10N6OS. The Labute approximate surface area is 112 Å². The van der Waals surface area contributed by atoms with E-state index in [1.807, 2.05) is 6.92 Å². The molecule has 0 aliphatic carbocycles. The fourth-order valence-corrected chi connectivity index (χ4v) is 2.04. The van der Waals surface area contributed by atoms with Crippen LogP contribution >= 0.6 is 12.2 Å². The van der Waals surface area contributed by atoms with Crippen LogP contribution < -0.4 is 5.56 Å². The van der Waals surface area contributed by atoms with Crippen LogP contribution in [0.5, 0.6) is 0 Å². The van der Waals surface area contributed by atoms with Crippen molar-refractivity contribution in [3.8, 4) is 0 Å². The van der Waals surface area contributed by atoms with Crippen molar-refractivity contribution in [3.05, 3.63) is 45.2 Å². The third kappa shape index (κ3) is 2.06. The Hall–Kier alpha value is -2.35. The summed E-state index contributed by atoms with van der Waals surface area (Å²) in [7, 11) is 0. The minimum Gasteiger partial charge on any atom is -0.339 e. The van der Waals surface area contributed by atoms with Gasteiger partial charge in [0.2, 0.25) is 0 Å². The van der Waals surface area contributed by atoms with E-state index in [1.165, 1.54) is 6.33 Å². The lowest BCUT2D eigenvalue weighted by atomic mass is 10.4. The standard InChI is InChI=1S/C11H10N6OS/c1-6-2-13-7(3-12-6)4-17-9-8(14-5-15-9)10(18)16-11(17)19/h2-3,5H,4H2,1H3,(H,14,15)(H,16,18,19). The van der Waals surface area contributed by atoms with Gasteiger partial charge in [-0.15, -0.1) is 0 Å². The number of rotatable bonds is 2. The summed E-state index contributed by atoms with van der Waals surface area (Å²) in [5.74, 6) is 0. The van der Waals surface area contributed by atoms with Crippen molar-refractivity contribution in [2.75, 3.05) is 0 Å². The summed E-state index contributed by atoms with van der Waals surface area (Å²) in [5.41, 5.74) is 2.23. The van der Waals surface area contributed by atoms with Crippen LogP contribution in [-0.2, 0) is 6.54 Å². The minimum atomic E-state index is -0.274. The highest BCUT2D eigenvalue weighted by molar-refractivity contribution is 7.71. The van der Waals surface area contributed by atoms with Crippen molar-refractivity contribution in [2.24, 2.45) is 0 Å². The number of H-pyrrole nitrogens is 2. The average molecular weight is 274 g/mol. The fraction of sp³-hybridized carbons (Fsp3) is 0.182. The molecule has 96 valence electrons. The smallest absolute Gasteiger partial charge is 0.277 e. The van der Waals surface area contributed by atoms with Crippen molar-refractivity contribution < 1.29 is 0 Å². The van der Waals surface area contributed by atoms with Crippen LogP contribution in [0.15, 0.2) is 23.5 Å². The molecule has 7 nitrogen and oxygen atoms in total. The van der Waals surface area contributed by atoms with E-state index >= 15 is 0 Å². The number of aromatic amines is 2. The van der Waals surface area contributed by atoms with Gasteiger partial charge in [0.15, 0.2) is 10.4 Å². The topological polar surface area (TPSA) is 92.2 Å². The van der Waals surface area contributed by atoms with Crippen LogP contribution in [-0.4, -0.2) is 29.5 Å². The summed E-state index contributed by atoms with van der Waals surface area (Å²) >= 11 is 5.16.